The molecule has 0 bridgehead atoms. The number of fused-ring (bicyclic) bond motifs is 2. The van der Waals surface area contributed by atoms with Gasteiger partial charge in [0.05, 0.1) is 12.9 Å². The van der Waals surface area contributed by atoms with Gasteiger partial charge in [0, 0.05) is 5.39 Å². The largest absolute Gasteiger partial charge is 0.756 e. The van der Waals surface area contributed by atoms with E-state index >= 15 is 0 Å². The van der Waals surface area contributed by atoms with Crippen molar-refractivity contribution >= 4 is 59.0 Å². The Kier molecular flexibility index (Phi) is 9.36. The van der Waals surface area contributed by atoms with Gasteiger partial charge in [0.15, 0.2) is 17.7 Å². The van der Waals surface area contributed by atoms with Gasteiger partial charge < -0.3 is 49.3 Å². The normalized spacial score (nSPS) is 25.7. The van der Waals surface area contributed by atoms with Crippen molar-refractivity contribution in [2.45, 2.75) is 24.5 Å². The number of benzene rings is 2. The number of hydrogen-bond acceptors (Lipinski definition) is 20. The Morgan fingerprint density at radius 3 is 2.22 bits per heavy atom. The first-order chi connectivity index (χ1) is 21.0. The van der Waals surface area contributed by atoms with E-state index < -0.39 is 62.4 Å². The topological polar surface area (TPSA) is 326 Å². The van der Waals surface area contributed by atoms with Gasteiger partial charge in [-0.25, -0.2) is 27.9 Å². The number of aliphatic hydroxyl groups excluding tert-OH is 2. The number of nitrogens with zero attached hydrogens (tertiary/aromatic N) is 4. The fraction of sp³-hybridized carbons (Fsp3) is 0.250. The Balaban J connectivity index is 1.19. The summed E-state index contributed by atoms with van der Waals surface area (Å²) >= 11 is 0. The van der Waals surface area contributed by atoms with Crippen molar-refractivity contribution < 1.29 is 74.8 Å². The standard InChI is InChI=1S/C20H23N5O16P4/c21-18-15-19(23-9-22-18)25(10-24-15)20-17(27)16(26)14(37-20)8-36-42(28,29)39-44(32,33)41-45(34,35)40-43(30,31)38-13-7-3-5-11-4-1-2-6-12(11)13/h1-7,9-10,14,16-17,20,26-27H,8H2,(H,28,29)(H,30,31)(H,32,33)(H,34,35)(H2,21,22,23)/p-4/t14-,16?,17+,20-/m1/s1. The van der Waals surface area contributed by atoms with Gasteiger partial charge in [-0.1, -0.05) is 36.4 Å². The van der Waals surface area contributed by atoms with Crippen molar-refractivity contribution in [3.05, 3.63) is 55.1 Å². The molecule has 4 aromatic rings. The minimum absolute atomic E-state index is 0.0104. The summed E-state index contributed by atoms with van der Waals surface area (Å²) in [6.45, 7) is -1.17. The van der Waals surface area contributed by atoms with Crippen molar-refractivity contribution in [3.8, 4) is 5.75 Å². The average Bonchev–Trinajstić information content (AvgIpc) is 3.47. The lowest BCUT2D eigenvalue weighted by Crippen LogP contribution is -2.34. The highest BCUT2D eigenvalue weighted by Gasteiger charge is 2.45. The molecule has 0 aliphatic carbocycles. The van der Waals surface area contributed by atoms with E-state index in [-0.39, 0.29) is 28.1 Å². The quantitative estimate of drug-likeness (QED) is 0.152. The van der Waals surface area contributed by atoms with E-state index in [9.17, 15) is 48.0 Å². The third kappa shape index (κ3) is 7.84. The lowest BCUT2D eigenvalue weighted by Gasteiger charge is -2.36. The molecule has 45 heavy (non-hydrogen) atoms. The molecule has 1 fully saturated rings. The summed E-state index contributed by atoms with van der Waals surface area (Å²) in [5.41, 5.74) is 5.91. The molecule has 1 aliphatic rings. The zero-order valence-corrected chi connectivity index (χ0v) is 25.6. The Morgan fingerprint density at radius 1 is 0.844 bits per heavy atom. The summed E-state index contributed by atoms with van der Waals surface area (Å²) in [6, 6.07) is 10.3. The number of nitrogen functional groups attached to an aromatic ring is 1. The van der Waals surface area contributed by atoms with Crippen LogP contribution in [0.4, 0.5) is 5.82 Å². The van der Waals surface area contributed by atoms with E-state index in [0.717, 1.165) is 23.3 Å². The zero-order valence-electron chi connectivity index (χ0n) is 22.0. The lowest BCUT2D eigenvalue weighted by molar-refractivity contribution is -0.253. The minimum Gasteiger partial charge on any atom is -0.756 e. The molecule has 1 aliphatic heterocycles. The molecular weight excluding hydrogens is 690 g/mol. The predicted octanol–water partition coefficient (Wildman–Crippen LogP) is -0.800. The number of rotatable bonds is 12. The molecule has 25 heteroatoms. The Bertz CT molecular complexity index is 1920. The smallest absolute Gasteiger partial charge is 0.326 e. The number of aliphatic hydroxyl groups is 2. The van der Waals surface area contributed by atoms with Crippen LogP contribution in [0.25, 0.3) is 21.9 Å². The van der Waals surface area contributed by atoms with E-state index in [1.54, 1.807) is 18.2 Å². The van der Waals surface area contributed by atoms with Gasteiger partial charge >= 0.3 is 7.82 Å². The van der Waals surface area contributed by atoms with Gasteiger partial charge in [0.2, 0.25) is 0 Å². The summed E-state index contributed by atoms with van der Waals surface area (Å²) < 4.78 is 75.0. The van der Waals surface area contributed by atoms with Gasteiger partial charge in [-0.2, -0.15) is 0 Å². The molecule has 0 radical (unpaired) electrons. The number of phosphoric ester groups is 2. The number of ether oxygens (including phenoxy) is 1. The molecule has 5 rings (SSSR count). The van der Waals surface area contributed by atoms with Gasteiger partial charge in [-0.15, -0.1) is 0 Å². The molecule has 8 atom stereocenters. The maximum absolute atomic E-state index is 12.2. The van der Waals surface area contributed by atoms with Crippen molar-refractivity contribution in [2.24, 2.45) is 0 Å². The minimum atomic E-state index is -6.47. The van der Waals surface area contributed by atoms with Crippen molar-refractivity contribution in [2.75, 3.05) is 12.3 Å². The fourth-order valence-corrected chi connectivity index (χ4v) is 8.92. The SMILES string of the molecule is Nc1ncnc2c1ncn2[C@@H]1O[C@H](COP(=O)([O-])OP(=O)([O-])OP(=O)([O-])OP(=O)([O-])Oc2cccc3ccccc23)C(O)[C@@H]1O. The van der Waals surface area contributed by atoms with Crippen molar-refractivity contribution in [1.29, 1.82) is 0 Å². The molecule has 4 N–H and O–H groups in total. The van der Waals surface area contributed by atoms with Crippen LogP contribution in [0, 0.1) is 0 Å². The third-order valence-electron chi connectivity index (χ3n) is 5.96. The summed E-state index contributed by atoms with van der Waals surface area (Å²) in [7, 11) is -24.8. The number of hydrogen-bond donors (Lipinski definition) is 3. The number of anilines is 1. The van der Waals surface area contributed by atoms with Gasteiger partial charge in [0.1, 0.15) is 35.9 Å². The second-order valence-electron chi connectivity index (χ2n) is 9.03. The van der Waals surface area contributed by atoms with Crippen LogP contribution in [0.2, 0.25) is 0 Å². The monoisotopic (exact) mass is 709 g/mol. The second-order valence-corrected chi connectivity index (χ2v) is 15.0. The van der Waals surface area contributed by atoms with E-state index in [1.165, 1.54) is 18.2 Å². The lowest BCUT2D eigenvalue weighted by atomic mass is 10.1. The Hall–Kier alpha value is -2.67. The summed E-state index contributed by atoms with van der Waals surface area (Å²) in [4.78, 5) is 60.1. The van der Waals surface area contributed by atoms with Crippen LogP contribution in [0.3, 0.4) is 0 Å². The molecule has 0 spiro atoms. The average molecular weight is 709 g/mol. The molecule has 21 nitrogen and oxygen atoms in total. The maximum Gasteiger partial charge on any atom is 0.326 e. The molecule has 2 aromatic carbocycles. The summed E-state index contributed by atoms with van der Waals surface area (Å²) in [6.07, 6.45) is -4.34. The van der Waals surface area contributed by atoms with E-state index in [2.05, 4.69) is 36.9 Å². The van der Waals surface area contributed by atoms with E-state index in [4.69, 9.17) is 10.5 Å². The van der Waals surface area contributed by atoms with Gasteiger partial charge in [-0.3, -0.25) is 22.8 Å². The highest BCUT2D eigenvalue weighted by Crippen LogP contribution is 2.66. The van der Waals surface area contributed by atoms with Crippen molar-refractivity contribution in [1.82, 2.24) is 19.5 Å². The Morgan fingerprint density at radius 2 is 1.49 bits per heavy atom. The molecule has 0 amide bonds. The molecule has 5 unspecified atom stereocenters. The molecule has 1 saturated heterocycles. The summed E-state index contributed by atoms with van der Waals surface area (Å²) in [5, 5.41) is 21.5. The summed E-state index contributed by atoms with van der Waals surface area (Å²) in [5.74, 6) is -0.392. The van der Waals surface area contributed by atoms with Gasteiger partial charge in [0.25, 0.3) is 23.5 Å². The zero-order chi connectivity index (χ0) is 32.8. The number of phosphoric acid groups is 4. The maximum atomic E-state index is 12.2. The first kappa shape index (κ1) is 33.7. The van der Waals surface area contributed by atoms with E-state index in [0.29, 0.717) is 5.39 Å². The number of nitrogens with two attached hydrogens (primary N) is 1. The van der Waals surface area contributed by atoms with Crippen LogP contribution in [0.1, 0.15) is 6.23 Å². The van der Waals surface area contributed by atoms with Crippen LogP contribution in [-0.4, -0.2) is 54.7 Å². The van der Waals surface area contributed by atoms with E-state index in [1.807, 2.05) is 0 Å². The Labute approximate surface area is 251 Å². The fourth-order valence-electron chi connectivity index (χ4n) is 4.15. The first-order valence-corrected chi connectivity index (χ1v) is 17.9. The second kappa shape index (κ2) is 12.5. The third-order valence-corrected chi connectivity index (χ3v) is 11.6. The first-order valence-electron chi connectivity index (χ1n) is 12.1. The molecule has 0 saturated carbocycles. The molecule has 2 aromatic heterocycles. The highest BCUT2D eigenvalue weighted by atomic mass is 31.3. The van der Waals surface area contributed by atoms with Gasteiger partial charge in [-0.05, 0) is 11.5 Å². The molecule has 244 valence electrons. The number of imidazole rings is 1. The van der Waals surface area contributed by atoms with Crippen LogP contribution < -0.4 is 29.8 Å². The van der Waals surface area contributed by atoms with Crippen LogP contribution >= 0.6 is 31.3 Å². The highest BCUT2D eigenvalue weighted by molar-refractivity contribution is 7.68. The molecular formula is C20H19N5O16P4-4. The van der Waals surface area contributed by atoms with Crippen molar-refractivity contribution in [3.63, 3.8) is 0 Å². The van der Waals surface area contributed by atoms with Crippen LogP contribution in [0.15, 0.2) is 55.1 Å². The number of aromatic nitrogens is 4. The van der Waals surface area contributed by atoms with Crippen LogP contribution in [-0.2, 0) is 40.5 Å². The molecule has 3 heterocycles. The predicted molar refractivity (Wildman–Crippen MR) is 140 cm³/mol. The van der Waals surface area contributed by atoms with Crippen LogP contribution in [0.5, 0.6) is 5.75 Å².